The van der Waals surface area contributed by atoms with E-state index >= 15 is 0 Å². The zero-order chi connectivity index (χ0) is 15.7. The first-order valence-corrected chi connectivity index (χ1v) is 9.38. The van der Waals surface area contributed by atoms with Gasteiger partial charge in [-0.2, -0.15) is 0 Å². The van der Waals surface area contributed by atoms with Crippen molar-refractivity contribution in [3.05, 3.63) is 29.8 Å². The lowest BCUT2D eigenvalue weighted by atomic mass is 10.0. The summed E-state index contributed by atoms with van der Waals surface area (Å²) in [4.78, 5) is 11.9. The fourth-order valence-corrected chi connectivity index (χ4v) is 4.79. The molecule has 0 aliphatic carbocycles. The molecule has 2 aliphatic rings. The third-order valence-corrected chi connectivity index (χ3v) is 6.10. The van der Waals surface area contributed by atoms with Crippen molar-refractivity contribution in [3.63, 3.8) is 0 Å². The molecule has 2 aliphatic heterocycles. The predicted octanol–water partition coefficient (Wildman–Crippen LogP) is 1.84. The summed E-state index contributed by atoms with van der Waals surface area (Å²) in [5.41, 5.74) is 0.454. The van der Waals surface area contributed by atoms with Crippen LogP contribution in [-0.4, -0.2) is 32.3 Å². The number of hydrogen-bond acceptors (Lipinski definition) is 4. The molecule has 0 spiro atoms. The summed E-state index contributed by atoms with van der Waals surface area (Å²) in [6, 6.07) is 7.15. The highest BCUT2D eigenvalue weighted by Gasteiger charge is 2.35. The second kappa shape index (κ2) is 6.10. The van der Waals surface area contributed by atoms with Crippen molar-refractivity contribution in [2.75, 3.05) is 0 Å². The maximum Gasteiger partial charge on any atom is 0.240 e. The van der Waals surface area contributed by atoms with Gasteiger partial charge < -0.3 is 5.32 Å². The number of piperidine rings is 1. The Hall–Kier alpha value is -1.24. The topological polar surface area (TPSA) is 75.3 Å². The zero-order valence-corrected chi connectivity index (χ0v) is 13.5. The molecule has 2 bridgehead atoms. The summed E-state index contributed by atoms with van der Waals surface area (Å²) in [6.07, 6.45) is 4.30. The van der Waals surface area contributed by atoms with Gasteiger partial charge in [-0.3, -0.25) is 4.79 Å². The van der Waals surface area contributed by atoms with Gasteiger partial charge in [0.15, 0.2) is 5.78 Å². The van der Waals surface area contributed by atoms with Gasteiger partial charge in [0.05, 0.1) is 4.90 Å². The number of sulfonamides is 1. The molecule has 6 heteroatoms. The maximum atomic E-state index is 12.6. The van der Waals surface area contributed by atoms with Gasteiger partial charge in [-0.05, 0) is 37.8 Å². The molecule has 2 fully saturated rings. The molecule has 2 heterocycles. The number of ketones is 1. The largest absolute Gasteiger partial charge is 0.311 e. The minimum atomic E-state index is -3.57. The maximum absolute atomic E-state index is 12.6. The van der Waals surface area contributed by atoms with Crippen LogP contribution in [0, 0.1) is 0 Å². The van der Waals surface area contributed by atoms with E-state index in [-0.39, 0.29) is 16.7 Å². The highest BCUT2D eigenvalue weighted by molar-refractivity contribution is 7.89. The summed E-state index contributed by atoms with van der Waals surface area (Å²) in [7, 11) is -3.57. The van der Waals surface area contributed by atoms with E-state index in [9.17, 15) is 13.2 Å². The van der Waals surface area contributed by atoms with Crippen molar-refractivity contribution in [3.8, 4) is 0 Å². The third-order valence-electron chi connectivity index (χ3n) is 4.58. The number of carbonyl (C=O) groups is 1. The molecule has 2 unspecified atom stereocenters. The van der Waals surface area contributed by atoms with Crippen LogP contribution in [0.25, 0.3) is 0 Å². The fraction of sp³-hybridized carbons (Fsp3) is 0.562. The van der Waals surface area contributed by atoms with Crippen LogP contribution < -0.4 is 10.0 Å². The van der Waals surface area contributed by atoms with Crippen molar-refractivity contribution in [1.29, 1.82) is 0 Å². The summed E-state index contributed by atoms with van der Waals surface area (Å²) >= 11 is 0. The lowest BCUT2D eigenvalue weighted by molar-refractivity contribution is 0.0988. The first-order chi connectivity index (χ1) is 10.5. The Kier molecular flexibility index (Phi) is 4.34. The summed E-state index contributed by atoms with van der Waals surface area (Å²) < 4.78 is 27.9. The molecule has 2 N–H and O–H groups in total. The number of carbonyl (C=O) groups excluding carboxylic acids is 1. The van der Waals surface area contributed by atoms with Crippen molar-refractivity contribution in [1.82, 2.24) is 10.0 Å². The highest BCUT2D eigenvalue weighted by Crippen LogP contribution is 2.27. The van der Waals surface area contributed by atoms with E-state index < -0.39 is 10.0 Å². The second-order valence-corrected chi connectivity index (χ2v) is 7.95. The average molecular weight is 322 g/mol. The van der Waals surface area contributed by atoms with Crippen LogP contribution in [-0.2, 0) is 10.0 Å². The van der Waals surface area contributed by atoms with E-state index in [2.05, 4.69) is 10.0 Å². The van der Waals surface area contributed by atoms with Crippen LogP contribution in [0.1, 0.15) is 49.4 Å². The number of Topliss-reactive ketones (excluding diaryl/α,β-unsaturated/α-hetero) is 1. The standard InChI is InChI=1S/C16H22N2O3S/c1-2-16(19)11-4-3-5-15(8-11)22(20,21)18-14-9-12-6-7-13(10-14)17-12/h3-5,8,12-14,17-18H,2,6-7,9-10H2,1H3. The van der Waals surface area contributed by atoms with Crippen molar-refractivity contribution >= 4 is 15.8 Å². The minimum absolute atomic E-state index is 0.0192. The molecule has 0 radical (unpaired) electrons. The second-order valence-electron chi connectivity index (χ2n) is 6.23. The van der Waals surface area contributed by atoms with Crippen LogP contribution in [0.2, 0.25) is 0 Å². The summed E-state index contributed by atoms with van der Waals surface area (Å²) in [6.45, 7) is 1.77. The molecule has 3 rings (SSSR count). The molecule has 0 saturated carbocycles. The lowest BCUT2D eigenvalue weighted by Crippen LogP contribution is -2.47. The zero-order valence-electron chi connectivity index (χ0n) is 12.7. The first-order valence-electron chi connectivity index (χ1n) is 7.89. The molecule has 1 aromatic rings. The number of rotatable bonds is 5. The number of fused-ring (bicyclic) bond motifs is 2. The molecular formula is C16H22N2O3S. The molecule has 2 saturated heterocycles. The number of hydrogen-bond donors (Lipinski definition) is 2. The van der Waals surface area contributed by atoms with E-state index in [1.54, 1.807) is 25.1 Å². The van der Waals surface area contributed by atoms with E-state index in [1.807, 2.05) is 0 Å². The van der Waals surface area contributed by atoms with Crippen LogP contribution in [0.3, 0.4) is 0 Å². The van der Waals surface area contributed by atoms with Gasteiger partial charge in [-0.1, -0.05) is 19.1 Å². The molecule has 1 aromatic carbocycles. The van der Waals surface area contributed by atoms with Crippen molar-refractivity contribution in [2.45, 2.75) is 62.0 Å². The van der Waals surface area contributed by atoms with Gasteiger partial charge in [0.25, 0.3) is 0 Å². The van der Waals surface area contributed by atoms with Crippen LogP contribution in [0.5, 0.6) is 0 Å². The number of nitrogens with one attached hydrogen (secondary N) is 2. The molecule has 2 atom stereocenters. The monoisotopic (exact) mass is 322 g/mol. The predicted molar refractivity (Wildman–Crippen MR) is 84.4 cm³/mol. The normalized spacial score (nSPS) is 27.8. The molecule has 5 nitrogen and oxygen atoms in total. The Morgan fingerprint density at radius 2 is 1.95 bits per heavy atom. The fourth-order valence-electron chi connectivity index (χ4n) is 3.48. The SMILES string of the molecule is CCC(=O)c1cccc(S(=O)(=O)NC2CC3CCC(C2)N3)c1. The first kappa shape index (κ1) is 15.6. The Balaban J connectivity index is 1.76. The smallest absolute Gasteiger partial charge is 0.240 e. The molecular weight excluding hydrogens is 300 g/mol. The number of benzene rings is 1. The Morgan fingerprint density at radius 3 is 2.59 bits per heavy atom. The Labute approximate surface area is 131 Å². The van der Waals surface area contributed by atoms with Crippen molar-refractivity contribution in [2.24, 2.45) is 0 Å². The van der Waals surface area contributed by atoms with E-state index in [1.165, 1.54) is 6.07 Å². The molecule has 0 aromatic heterocycles. The third kappa shape index (κ3) is 3.24. The van der Waals surface area contributed by atoms with Gasteiger partial charge in [-0.25, -0.2) is 13.1 Å². The van der Waals surface area contributed by atoms with Crippen molar-refractivity contribution < 1.29 is 13.2 Å². The summed E-state index contributed by atoms with van der Waals surface area (Å²) in [5.74, 6) is -0.0445. The van der Waals surface area contributed by atoms with Gasteiger partial charge >= 0.3 is 0 Å². The van der Waals surface area contributed by atoms with Gasteiger partial charge in [-0.15, -0.1) is 0 Å². The summed E-state index contributed by atoms with van der Waals surface area (Å²) in [5, 5.41) is 3.50. The quantitative estimate of drug-likeness (QED) is 0.811. The van der Waals surface area contributed by atoms with Crippen LogP contribution in [0.15, 0.2) is 29.2 Å². The average Bonchev–Trinajstić information content (AvgIpc) is 2.85. The van der Waals surface area contributed by atoms with Gasteiger partial charge in [0.1, 0.15) is 0 Å². The Morgan fingerprint density at radius 1 is 1.27 bits per heavy atom. The van der Waals surface area contributed by atoms with Gasteiger partial charge in [0.2, 0.25) is 10.0 Å². The van der Waals surface area contributed by atoms with Crippen LogP contribution in [0.4, 0.5) is 0 Å². The Bertz CT molecular complexity index is 660. The van der Waals surface area contributed by atoms with E-state index in [0.29, 0.717) is 24.1 Å². The van der Waals surface area contributed by atoms with Gasteiger partial charge in [0, 0.05) is 30.1 Å². The van der Waals surface area contributed by atoms with E-state index in [4.69, 9.17) is 0 Å². The molecule has 0 amide bonds. The highest BCUT2D eigenvalue weighted by atomic mass is 32.2. The minimum Gasteiger partial charge on any atom is -0.311 e. The van der Waals surface area contributed by atoms with Crippen LogP contribution >= 0.6 is 0 Å². The molecule has 22 heavy (non-hydrogen) atoms. The molecule has 120 valence electrons. The lowest BCUT2D eigenvalue weighted by Gasteiger charge is -2.29. The van der Waals surface area contributed by atoms with E-state index in [0.717, 1.165) is 25.7 Å².